The van der Waals surface area contributed by atoms with Gasteiger partial charge in [0.15, 0.2) is 11.6 Å². The van der Waals surface area contributed by atoms with E-state index >= 15 is 0 Å². The van der Waals surface area contributed by atoms with E-state index in [9.17, 15) is 22.0 Å². The Morgan fingerprint density at radius 2 is 1.86 bits per heavy atom. The summed E-state index contributed by atoms with van der Waals surface area (Å²) in [7, 11) is -3.69. The number of carbonyl (C=O) groups is 1. The van der Waals surface area contributed by atoms with Crippen LogP contribution in [0.15, 0.2) is 48.5 Å². The molecule has 0 spiro atoms. The highest BCUT2D eigenvalue weighted by Crippen LogP contribution is 2.35. The molecule has 1 aliphatic heterocycles. The molecule has 1 aliphatic rings. The number of carbonyl (C=O) groups excluding carboxylic acids is 1. The second-order valence-electron chi connectivity index (χ2n) is 6.92. The van der Waals surface area contributed by atoms with Gasteiger partial charge in [-0.25, -0.2) is 8.78 Å². The van der Waals surface area contributed by atoms with Gasteiger partial charge in [-0.15, -0.1) is 0 Å². The Balaban J connectivity index is 1.90. The monoisotopic (exact) mass is 425 g/mol. The summed E-state index contributed by atoms with van der Waals surface area (Å²) in [6.07, 6.45) is 0.952. The smallest absolute Gasteiger partial charge is 0.264 e. The van der Waals surface area contributed by atoms with Crippen molar-refractivity contribution in [1.82, 2.24) is 4.90 Å². The Bertz CT molecular complexity index is 984. The molecular formula is C20H21F2NO5S. The summed E-state index contributed by atoms with van der Waals surface area (Å²) in [4.78, 5) is 14.0. The van der Waals surface area contributed by atoms with E-state index in [-0.39, 0.29) is 32.1 Å². The second kappa shape index (κ2) is 8.56. The number of halogens is 2. The highest BCUT2D eigenvalue weighted by Gasteiger charge is 2.42. The van der Waals surface area contributed by atoms with E-state index < -0.39 is 27.4 Å². The van der Waals surface area contributed by atoms with Gasteiger partial charge in [-0.2, -0.15) is 8.42 Å². The third-order valence-corrected chi connectivity index (χ3v) is 5.33. The van der Waals surface area contributed by atoms with Crippen LogP contribution in [0, 0.1) is 11.6 Å². The summed E-state index contributed by atoms with van der Waals surface area (Å²) in [5.74, 6) is -2.32. The summed E-state index contributed by atoms with van der Waals surface area (Å²) in [5.41, 5.74) is -0.0320. The average Bonchev–Trinajstić information content (AvgIpc) is 2.66. The molecule has 1 atom stereocenters. The van der Waals surface area contributed by atoms with Gasteiger partial charge in [0, 0.05) is 13.0 Å². The van der Waals surface area contributed by atoms with Gasteiger partial charge in [0.25, 0.3) is 10.1 Å². The molecule has 0 radical (unpaired) electrons. The average molecular weight is 425 g/mol. The van der Waals surface area contributed by atoms with Gasteiger partial charge < -0.3 is 9.64 Å². The van der Waals surface area contributed by atoms with Crippen LogP contribution in [0.1, 0.15) is 17.5 Å². The molecule has 6 nitrogen and oxygen atoms in total. The minimum absolute atomic E-state index is 0.0315. The number of benzene rings is 2. The lowest BCUT2D eigenvalue weighted by molar-refractivity contribution is -0.169. The molecule has 0 aliphatic carbocycles. The number of amides is 1. The van der Waals surface area contributed by atoms with Crippen LogP contribution < -0.4 is 0 Å². The predicted molar refractivity (Wildman–Crippen MR) is 101 cm³/mol. The number of hydrogen-bond donors (Lipinski definition) is 0. The Morgan fingerprint density at radius 3 is 2.52 bits per heavy atom. The van der Waals surface area contributed by atoms with Crippen LogP contribution in [0.2, 0.25) is 0 Å². The van der Waals surface area contributed by atoms with E-state index in [1.54, 1.807) is 4.90 Å². The van der Waals surface area contributed by atoms with Gasteiger partial charge >= 0.3 is 0 Å². The van der Waals surface area contributed by atoms with Gasteiger partial charge in [-0.05, 0) is 23.3 Å². The van der Waals surface area contributed by atoms with Crippen molar-refractivity contribution in [1.29, 1.82) is 0 Å². The molecular weight excluding hydrogens is 404 g/mol. The molecule has 1 unspecified atom stereocenters. The van der Waals surface area contributed by atoms with Crippen molar-refractivity contribution in [3.8, 4) is 0 Å². The minimum atomic E-state index is -3.69. The number of ether oxygens (including phenoxy) is 1. The molecule has 156 valence electrons. The molecule has 2 aromatic rings. The summed E-state index contributed by atoms with van der Waals surface area (Å²) in [5, 5.41) is 0. The SMILES string of the molecule is CS(=O)(=O)OCCC1(c2ccc(F)c(F)c2)CN(Cc2ccccc2)C(=O)CO1. The van der Waals surface area contributed by atoms with Gasteiger partial charge in [-0.1, -0.05) is 36.4 Å². The predicted octanol–water partition coefficient (Wildman–Crippen LogP) is 2.59. The molecule has 3 rings (SSSR count). The van der Waals surface area contributed by atoms with Crippen molar-refractivity contribution < 1.29 is 30.9 Å². The van der Waals surface area contributed by atoms with Crippen LogP contribution in [0.4, 0.5) is 8.78 Å². The van der Waals surface area contributed by atoms with Crippen molar-refractivity contribution in [2.45, 2.75) is 18.6 Å². The molecule has 0 N–H and O–H groups in total. The first kappa shape index (κ1) is 21.4. The number of rotatable bonds is 7. The van der Waals surface area contributed by atoms with Crippen LogP contribution in [0.5, 0.6) is 0 Å². The molecule has 2 aromatic carbocycles. The third kappa shape index (κ3) is 5.37. The van der Waals surface area contributed by atoms with Crippen molar-refractivity contribution in [2.24, 2.45) is 0 Å². The molecule has 29 heavy (non-hydrogen) atoms. The zero-order chi connectivity index (χ0) is 21.1. The second-order valence-corrected chi connectivity index (χ2v) is 8.57. The Hall–Kier alpha value is -2.36. The third-order valence-electron chi connectivity index (χ3n) is 4.74. The van der Waals surface area contributed by atoms with E-state index in [1.807, 2.05) is 30.3 Å². The van der Waals surface area contributed by atoms with Crippen molar-refractivity contribution in [3.05, 3.63) is 71.3 Å². The fourth-order valence-electron chi connectivity index (χ4n) is 3.29. The Labute approximate surface area is 168 Å². The fraction of sp³-hybridized carbons (Fsp3) is 0.350. The van der Waals surface area contributed by atoms with Crippen LogP contribution in [0.3, 0.4) is 0 Å². The highest BCUT2D eigenvalue weighted by atomic mass is 32.2. The zero-order valence-corrected chi connectivity index (χ0v) is 16.6. The van der Waals surface area contributed by atoms with E-state index in [1.165, 1.54) is 6.07 Å². The standard InChI is InChI=1S/C20H21F2NO5S/c1-29(25,26)28-10-9-20(16-7-8-17(21)18(22)11-16)14-23(19(24)13-27-20)12-15-5-3-2-4-6-15/h2-8,11H,9-10,12-14H2,1H3. The normalized spacial score (nSPS) is 20.1. The lowest BCUT2D eigenvalue weighted by Crippen LogP contribution is -2.53. The first-order valence-electron chi connectivity index (χ1n) is 8.94. The topological polar surface area (TPSA) is 72.9 Å². The van der Waals surface area contributed by atoms with E-state index in [0.29, 0.717) is 12.1 Å². The number of nitrogens with zero attached hydrogens (tertiary/aromatic N) is 1. The molecule has 1 heterocycles. The number of hydrogen-bond acceptors (Lipinski definition) is 5. The summed E-state index contributed by atoms with van der Waals surface area (Å²) in [6.45, 7) is -0.157. The molecule has 0 bridgehead atoms. The molecule has 0 aromatic heterocycles. The molecule has 0 saturated carbocycles. The summed E-state index contributed by atoms with van der Waals surface area (Å²) in [6, 6.07) is 12.7. The summed E-state index contributed by atoms with van der Waals surface area (Å²) >= 11 is 0. The van der Waals surface area contributed by atoms with Crippen molar-refractivity contribution in [3.63, 3.8) is 0 Å². The van der Waals surface area contributed by atoms with Gasteiger partial charge in [0.1, 0.15) is 12.2 Å². The van der Waals surface area contributed by atoms with Crippen LogP contribution in [-0.2, 0) is 36.0 Å². The largest absolute Gasteiger partial charge is 0.359 e. The first-order valence-corrected chi connectivity index (χ1v) is 10.8. The van der Waals surface area contributed by atoms with E-state index in [0.717, 1.165) is 24.0 Å². The maximum Gasteiger partial charge on any atom is 0.264 e. The molecule has 9 heteroatoms. The van der Waals surface area contributed by atoms with Gasteiger partial charge in [0.05, 0.1) is 19.4 Å². The maximum absolute atomic E-state index is 13.9. The zero-order valence-electron chi connectivity index (χ0n) is 15.8. The van der Waals surface area contributed by atoms with Crippen LogP contribution in [-0.4, -0.2) is 45.2 Å². The first-order chi connectivity index (χ1) is 13.7. The Morgan fingerprint density at radius 1 is 1.14 bits per heavy atom. The molecule has 1 amide bonds. The fourth-order valence-corrected chi connectivity index (χ4v) is 3.67. The van der Waals surface area contributed by atoms with Gasteiger partial charge in [0.2, 0.25) is 5.91 Å². The van der Waals surface area contributed by atoms with E-state index in [4.69, 9.17) is 8.92 Å². The van der Waals surface area contributed by atoms with Crippen LogP contribution >= 0.6 is 0 Å². The van der Waals surface area contributed by atoms with Gasteiger partial charge in [-0.3, -0.25) is 8.98 Å². The van der Waals surface area contributed by atoms with Crippen molar-refractivity contribution >= 4 is 16.0 Å². The lowest BCUT2D eigenvalue weighted by atomic mass is 9.88. The summed E-state index contributed by atoms with van der Waals surface area (Å²) < 4.78 is 60.6. The molecule has 1 saturated heterocycles. The van der Waals surface area contributed by atoms with E-state index in [2.05, 4.69) is 0 Å². The molecule has 1 fully saturated rings. The van der Waals surface area contributed by atoms with Crippen LogP contribution in [0.25, 0.3) is 0 Å². The quantitative estimate of drug-likeness (QED) is 0.638. The highest BCUT2D eigenvalue weighted by molar-refractivity contribution is 7.85. The maximum atomic E-state index is 13.9. The van der Waals surface area contributed by atoms with Crippen molar-refractivity contribution in [2.75, 3.05) is 26.0 Å². The Kier molecular flexibility index (Phi) is 6.30. The lowest BCUT2D eigenvalue weighted by Gasteiger charge is -2.43. The number of morpholine rings is 1. The minimum Gasteiger partial charge on any atom is -0.359 e.